The molecule has 112 valence electrons. The summed E-state index contributed by atoms with van der Waals surface area (Å²) in [6.07, 6.45) is 6.84. The lowest BCUT2D eigenvalue weighted by molar-refractivity contribution is -0.0180. The molecule has 0 bridgehead atoms. The predicted octanol–water partition coefficient (Wildman–Crippen LogP) is 4.29. The summed E-state index contributed by atoms with van der Waals surface area (Å²) in [5.74, 6) is 0.731. The van der Waals surface area contributed by atoms with Gasteiger partial charge >= 0.3 is 0 Å². The molecule has 0 saturated heterocycles. The van der Waals surface area contributed by atoms with Crippen LogP contribution in [0.4, 0.5) is 0 Å². The second-order valence-electron chi connectivity index (χ2n) is 6.29. The normalized spacial score (nSPS) is 24.6. The Morgan fingerprint density at radius 2 is 2.00 bits per heavy atom. The van der Waals surface area contributed by atoms with Crippen molar-refractivity contribution in [1.82, 2.24) is 0 Å². The number of hydrogen-bond acceptors (Lipinski definition) is 2. The molecular formula is C18H29NO. The van der Waals surface area contributed by atoms with Gasteiger partial charge in [-0.2, -0.15) is 0 Å². The monoisotopic (exact) mass is 275 g/mol. The fourth-order valence-electron chi connectivity index (χ4n) is 3.34. The summed E-state index contributed by atoms with van der Waals surface area (Å²) in [4.78, 5) is 0. The van der Waals surface area contributed by atoms with Crippen LogP contribution in [0.3, 0.4) is 0 Å². The van der Waals surface area contributed by atoms with Crippen LogP contribution < -0.4 is 5.73 Å². The van der Waals surface area contributed by atoms with Crippen molar-refractivity contribution >= 4 is 0 Å². The quantitative estimate of drug-likeness (QED) is 0.870. The van der Waals surface area contributed by atoms with Crippen molar-refractivity contribution < 1.29 is 4.74 Å². The van der Waals surface area contributed by atoms with Gasteiger partial charge in [0.25, 0.3) is 0 Å². The third-order valence-electron chi connectivity index (χ3n) is 4.69. The third-order valence-corrected chi connectivity index (χ3v) is 4.69. The summed E-state index contributed by atoms with van der Waals surface area (Å²) >= 11 is 0. The van der Waals surface area contributed by atoms with Crippen LogP contribution in [0.25, 0.3) is 0 Å². The summed E-state index contributed by atoms with van der Waals surface area (Å²) in [6.45, 7) is 7.16. The highest BCUT2D eigenvalue weighted by Crippen LogP contribution is 2.30. The van der Waals surface area contributed by atoms with Gasteiger partial charge in [-0.1, -0.05) is 49.9 Å². The van der Waals surface area contributed by atoms with Crippen LogP contribution >= 0.6 is 0 Å². The van der Waals surface area contributed by atoms with Crippen LogP contribution in [0.5, 0.6) is 0 Å². The Hall–Kier alpha value is -0.860. The van der Waals surface area contributed by atoms with E-state index in [4.69, 9.17) is 10.5 Å². The first kappa shape index (κ1) is 15.5. The van der Waals surface area contributed by atoms with Crippen molar-refractivity contribution in [2.75, 3.05) is 6.61 Å². The van der Waals surface area contributed by atoms with E-state index >= 15 is 0 Å². The van der Waals surface area contributed by atoms with Gasteiger partial charge in [0.15, 0.2) is 0 Å². The third kappa shape index (κ3) is 3.83. The van der Waals surface area contributed by atoms with E-state index in [1.165, 1.54) is 48.8 Å². The Balaban J connectivity index is 1.94. The lowest BCUT2D eigenvalue weighted by atomic mass is 9.84. The SMILES string of the molecule is CCC1CCCCC1OCC(N)c1cc(C)ccc1C. The summed E-state index contributed by atoms with van der Waals surface area (Å²) < 4.78 is 6.17. The molecule has 2 N–H and O–H groups in total. The van der Waals surface area contributed by atoms with Gasteiger partial charge in [-0.3, -0.25) is 0 Å². The topological polar surface area (TPSA) is 35.2 Å². The first-order valence-electron chi connectivity index (χ1n) is 8.06. The van der Waals surface area contributed by atoms with Gasteiger partial charge in [0, 0.05) is 0 Å². The second kappa shape index (κ2) is 7.24. The van der Waals surface area contributed by atoms with Crippen molar-refractivity contribution in [2.45, 2.75) is 65.0 Å². The second-order valence-corrected chi connectivity index (χ2v) is 6.29. The fourth-order valence-corrected chi connectivity index (χ4v) is 3.34. The molecule has 3 atom stereocenters. The predicted molar refractivity (Wildman–Crippen MR) is 84.8 cm³/mol. The molecule has 0 spiro atoms. The first-order valence-corrected chi connectivity index (χ1v) is 8.06. The van der Waals surface area contributed by atoms with E-state index in [-0.39, 0.29) is 6.04 Å². The highest BCUT2D eigenvalue weighted by molar-refractivity contribution is 5.32. The molecule has 0 aliphatic heterocycles. The molecule has 2 heteroatoms. The van der Waals surface area contributed by atoms with Gasteiger partial charge in [0.2, 0.25) is 0 Å². The smallest absolute Gasteiger partial charge is 0.0663 e. The van der Waals surface area contributed by atoms with Gasteiger partial charge in [-0.25, -0.2) is 0 Å². The van der Waals surface area contributed by atoms with E-state index in [0.717, 1.165) is 5.92 Å². The van der Waals surface area contributed by atoms with Gasteiger partial charge < -0.3 is 10.5 Å². The zero-order chi connectivity index (χ0) is 14.5. The standard InChI is InChI=1S/C18H29NO/c1-4-15-7-5-6-8-18(15)20-12-17(19)16-11-13(2)9-10-14(16)3/h9-11,15,17-18H,4-8,12,19H2,1-3H3. The van der Waals surface area contributed by atoms with Crippen LogP contribution in [-0.2, 0) is 4.74 Å². The van der Waals surface area contributed by atoms with E-state index in [1.54, 1.807) is 0 Å². The van der Waals surface area contributed by atoms with E-state index in [1.807, 2.05) is 0 Å². The molecule has 2 nitrogen and oxygen atoms in total. The van der Waals surface area contributed by atoms with Gasteiger partial charge in [-0.15, -0.1) is 0 Å². The van der Waals surface area contributed by atoms with Crippen LogP contribution in [0.15, 0.2) is 18.2 Å². The number of rotatable bonds is 5. The Bertz CT molecular complexity index is 429. The Kier molecular flexibility index (Phi) is 5.62. The number of hydrogen-bond donors (Lipinski definition) is 1. The molecular weight excluding hydrogens is 246 g/mol. The molecule has 3 unspecified atom stereocenters. The molecule has 0 aromatic heterocycles. The maximum Gasteiger partial charge on any atom is 0.0663 e. The number of benzene rings is 1. The Morgan fingerprint density at radius 3 is 2.75 bits per heavy atom. The maximum atomic E-state index is 6.34. The minimum absolute atomic E-state index is 0.00525. The lowest BCUT2D eigenvalue weighted by Crippen LogP contribution is -2.30. The van der Waals surface area contributed by atoms with Crippen LogP contribution in [-0.4, -0.2) is 12.7 Å². The molecule has 1 aliphatic rings. The molecule has 2 rings (SSSR count). The van der Waals surface area contributed by atoms with Crippen LogP contribution in [0, 0.1) is 19.8 Å². The summed E-state index contributed by atoms with van der Waals surface area (Å²) in [7, 11) is 0. The van der Waals surface area contributed by atoms with Gasteiger partial charge in [0.05, 0.1) is 18.8 Å². The minimum Gasteiger partial charge on any atom is -0.376 e. The molecule has 0 radical (unpaired) electrons. The molecule has 1 aliphatic carbocycles. The highest BCUT2D eigenvalue weighted by atomic mass is 16.5. The van der Waals surface area contributed by atoms with Crippen molar-refractivity contribution in [3.8, 4) is 0 Å². The van der Waals surface area contributed by atoms with E-state index in [0.29, 0.717) is 12.7 Å². The Morgan fingerprint density at radius 1 is 1.25 bits per heavy atom. The number of aryl methyl sites for hydroxylation is 2. The van der Waals surface area contributed by atoms with Gasteiger partial charge in [0.1, 0.15) is 0 Å². The highest BCUT2D eigenvalue weighted by Gasteiger charge is 2.25. The van der Waals surface area contributed by atoms with Crippen LogP contribution in [0.2, 0.25) is 0 Å². The molecule has 1 fully saturated rings. The van der Waals surface area contributed by atoms with Gasteiger partial charge in [-0.05, 0) is 43.7 Å². The number of nitrogens with two attached hydrogens (primary N) is 1. The largest absolute Gasteiger partial charge is 0.376 e. The van der Waals surface area contributed by atoms with E-state index in [9.17, 15) is 0 Å². The molecule has 20 heavy (non-hydrogen) atoms. The van der Waals surface area contributed by atoms with E-state index in [2.05, 4.69) is 39.0 Å². The zero-order valence-corrected chi connectivity index (χ0v) is 13.2. The average Bonchev–Trinajstić information content (AvgIpc) is 2.47. The molecule has 0 heterocycles. The van der Waals surface area contributed by atoms with Crippen molar-refractivity contribution in [3.63, 3.8) is 0 Å². The Labute approximate surface area is 123 Å². The zero-order valence-electron chi connectivity index (χ0n) is 13.2. The average molecular weight is 275 g/mol. The molecule has 1 saturated carbocycles. The summed E-state index contributed by atoms with van der Waals surface area (Å²) in [6, 6.07) is 6.48. The summed E-state index contributed by atoms with van der Waals surface area (Å²) in [5, 5.41) is 0. The first-order chi connectivity index (χ1) is 9.61. The summed E-state index contributed by atoms with van der Waals surface area (Å²) in [5.41, 5.74) is 10.1. The van der Waals surface area contributed by atoms with Crippen molar-refractivity contribution in [1.29, 1.82) is 0 Å². The fraction of sp³-hybridized carbons (Fsp3) is 0.667. The van der Waals surface area contributed by atoms with E-state index < -0.39 is 0 Å². The van der Waals surface area contributed by atoms with Crippen molar-refractivity contribution in [3.05, 3.63) is 34.9 Å². The van der Waals surface area contributed by atoms with Crippen molar-refractivity contribution in [2.24, 2.45) is 11.7 Å². The molecule has 1 aromatic rings. The maximum absolute atomic E-state index is 6.34. The molecule has 1 aromatic carbocycles. The number of ether oxygens (including phenoxy) is 1. The lowest BCUT2D eigenvalue weighted by Gasteiger charge is -2.31. The molecule has 0 amide bonds. The van der Waals surface area contributed by atoms with Crippen LogP contribution in [0.1, 0.15) is 61.8 Å². The minimum atomic E-state index is -0.00525.